The molecule has 0 aromatic heterocycles. The van der Waals surface area contributed by atoms with E-state index in [1.54, 1.807) is 30.3 Å². The summed E-state index contributed by atoms with van der Waals surface area (Å²) in [7, 11) is -3.40. The van der Waals surface area contributed by atoms with E-state index in [4.69, 9.17) is 0 Å². The highest BCUT2D eigenvalue weighted by molar-refractivity contribution is 7.91. The normalized spacial score (nSPS) is 20.1. The van der Waals surface area contributed by atoms with Crippen LogP contribution in [0.3, 0.4) is 0 Å². The lowest BCUT2D eigenvalue weighted by atomic mass is 9.95. The Hall–Kier alpha value is -0.910. The van der Waals surface area contributed by atoms with Gasteiger partial charge in [0.05, 0.1) is 16.2 Å². The number of sulfone groups is 1. The molecule has 5 heteroatoms. The Morgan fingerprint density at radius 2 is 1.76 bits per heavy atom. The standard InChI is InChI=1S/C12H17NO3S/c14-12(6-8-13-9-7-12)10-17(15,16)11-4-2-1-3-5-11/h1-5,13-14H,6-10H2. The van der Waals surface area contributed by atoms with E-state index in [2.05, 4.69) is 5.32 Å². The molecule has 0 spiro atoms. The molecule has 0 radical (unpaired) electrons. The van der Waals surface area contributed by atoms with E-state index >= 15 is 0 Å². The first kappa shape index (κ1) is 12.5. The highest BCUT2D eigenvalue weighted by Gasteiger charge is 2.35. The van der Waals surface area contributed by atoms with Crippen molar-refractivity contribution in [3.05, 3.63) is 30.3 Å². The summed E-state index contributed by atoms with van der Waals surface area (Å²) in [5, 5.41) is 13.4. The van der Waals surface area contributed by atoms with E-state index in [1.165, 1.54) is 0 Å². The van der Waals surface area contributed by atoms with E-state index in [9.17, 15) is 13.5 Å². The fraction of sp³-hybridized carbons (Fsp3) is 0.500. The van der Waals surface area contributed by atoms with E-state index in [0.717, 1.165) is 0 Å². The second kappa shape index (κ2) is 4.76. The van der Waals surface area contributed by atoms with Crippen LogP contribution in [0.15, 0.2) is 35.2 Å². The second-order valence-electron chi connectivity index (χ2n) is 4.55. The third kappa shape index (κ3) is 3.06. The Kier molecular flexibility index (Phi) is 3.51. The maximum Gasteiger partial charge on any atom is 0.181 e. The van der Waals surface area contributed by atoms with Crippen LogP contribution in [0.2, 0.25) is 0 Å². The molecule has 0 amide bonds. The van der Waals surface area contributed by atoms with E-state index < -0.39 is 15.4 Å². The van der Waals surface area contributed by atoms with Crippen molar-refractivity contribution in [1.82, 2.24) is 5.32 Å². The smallest absolute Gasteiger partial charge is 0.181 e. The lowest BCUT2D eigenvalue weighted by Crippen LogP contribution is -2.46. The molecule has 0 bridgehead atoms. The van der Waals surface area contributed by atoms with Gasteiger partial charge in [0.15, 0.2) is 9.84 Å². The fourth-order valence-electron chi connectivity index (χ4n) is 2.10. The Morgan fingerprint density at radius 3 is 2.35 bits per heavy atom. The molecular formula is C12H17NO3S. The molecule has 1 aromatic rings. The molecule has 1 heterocycles. The minimum Gasteiger partial charge on any atom is -0.389 e. The molecule has 1 aliphatic rings. The molecule has 2 N–H and O–H groups in total. The van der Waals surface area contributed by atoms with Crippen molar-refractivity contribution in [3.8, 4) is 0 Å². The Labute approximate surface area is 102 Å². The van der Waals surface area contributed by atoms with E-state index in [-0.39, 0.29) is 10.6 Å². The average molecular weight is 255 g/mol. The Balaban J connectivity index is 2.17. The average Bonchev–Trinajstić information content (AvgIpc) is 2.30. The number of aliphatic hydroxyl groups is 1. The molecule has 4 nitrogen and oxygen atoms in total. The zero-order valence-electron chi connectivity index (χ0n) is 9.59. The minimum absolute atomic E-state index is 0.189. The predicted octanol–water partition coefficient (Wildman–Crippen LogP) is 0.575. The fourth-order valence-corrected chi connectivity index (χ4v) is 3.84. The van der Waals surface area contributed by atoms with Crippen LogP contribution in [0.25, 0.3) is 0 Å². The summed E-state index contributed by atoms with van der Waals surface area (Å²) in [6.45, 7) is 1.33. The summed E-state index contributed by atoms with van der Waals surface area (Å²) in [5.41, 5.74) is -1.08. The SMILES string of the molecule is O=S(=O)(CC1(O)CCNCC1)c1ccccc1. The number of rotatable bonds is 3. The molecule has 0 unspecified atom stereocenters. The topological polar surface area (TPSA) is 66.4 Å². The number of nitrogens with one attached hydrogen (secondary N) is 1. The van der Waals surface area contributed by atoms with Crippen LogP contribution in [0.4, 0.5) is 0 Å². The number of piperidine rings is 1. The summed E-state index contributed by atoms with van der Waals surface area (Å²) < 4.78 is 24.3. The van der Waals surface area contributed by atoms with Crippen LogP contribution < -0.4 is 5.32 Å². The lowest BCUT2D eigenvalue weighted by Gasteiger charge is -2.32. The van der Waals surface area contributed by atoms with Gasteiger partial charge in [-0.25, -0.2) is 8.42 Å². The van der Waals surface area contributed by atoms with Crippen LogP contribution in [0.1, 0.15) is 12.8 Å². The maximum absolute atomic E-state index is 12.1. The van der Waals surface area contributed by atoms with Gasteiger partial charge in [0, 0.05) is 0 Å². The third-order valence-electron chi connectivity index (χ3n) is 3.10. The van der Waals surface area contributed by atoms with Crippen molar-refractivity contribution in [2.45, 2.75) is 23.3 Å². The monoisotopic (exact) mass is 255 g/mol. The largest absolute Gasteiger partial charge is 0.389 e. The first-order valence-electron chi connectivity index (χ1n) is 5.73. The van der Waals surface area contributed by atoms with Gasteiger partial charge in [-0.1, -0.05) is 18.2 Å². The highest BCUT2D eigenvalue weighted by Crippen LogP contribution is 2.23. The quantitative estimate of drug-likeness (QED) is 0.829. The van der Waals surface area contributed by atoms with Crippen LogP contribution in [0, 0.1) is 0 Å². The molecule has 0 atom stereocenters. The van der Waals surface area contributed by atoms with Crippen LogP contribution >= 0.6 is 0 Å². The molecule has 94 valence electrons. The van der Waals surface area contributed by atoms with Crippen molar-refractivity contribution in [2.75, 3.05) is 18.8 Å². The number of benzene rings is 1. The maximum atomic E-state index is 12.1. The van der Waals surface area contributed by atoms with Gasteiger partial charge in [0.2, 0.25) is 0 Å². The van der Waals surface area contributed by atoms with Crippen LogP contribution in [-0.4, -0.2) is 38.0 Å². The molecule has 1 saturated heterocycles. The Morgan fingerprint density at radius 1 is 1.18 bits per heavy atom. The molecule has 2 rings (SSSR count). The summed E-state index contributed by atoms with van der Waals surface area (Å²) in [6, 6.07) is 8.30. The number of hydrogen-bond acceptors (Lipinski definition) is 4. The second-order valence-corrected chi connectivity index (χ2v) is 6.54. The van der Waals surface area contributed by atoms with Crippen molar-refractivity contribution in [3.63, 3.8) is 0 Å². The molecule has 1 fully saturated rings. The molecular weight excluding hydrogens is 238 g/mol. The summed E-state index contributed by atoms with van der Waals surface area (Å²) in [5.74, 6) is -0.189. The third-order valence-corrected chi connectivity index (χ3v) is 5.00. The lowest BCUT2D eigenvalue weighted by molar-refractivity contribution is 0.0323. The van der Waals surface area contributed by atoms with E-state index in [1.807, 2.05) is 0 Å². The molecule has 1 aromatic carbocycles. The zero-order valence-corrected chi connectivity index (χ0v) is 10.4. The minimum atomic E-state index is -3.40. The molecule has 0 aliphatic carbocycles. The van der Waals surface area contributed by atoms with E-state index in [0.29, 0.717) is 25.9 Å². The van der Waals surface area contributed by atoms with Crippen molar-refractivity contribution in [2.24, 2.45) is 0 Å². The van der Waals surface area contributed by atoms with Gasteiger partial charge in [-0.2, -0.15) is 0 Å². The first-order chi connectivity index (χ1) is 8.02. The van der Waals surface area contributed by atoms with Crippen molar-refractivity contribution >= 4 is 9.84 Å². The van der Waals surface area contributed by atoms with Gasteiger partial charge in [0.1, 0.15) is 0 Å². The predicted molar refractivity (Wildman–Crippen MR) is 65.5 cm³/mol. The van der Waals surface area contributed by atoms with Gasteiger partial charge in [-0.05, 0) is 38.1 Å². The van der Waals surface area contributed by atoms with Crippen molar-refractivity contribution < 1.29 is 13.5 Å². The van der Waals surface area contributed by atoms with Gasteiger partial charge in [-0.3, -0.25) is 0 Å². The summed E-state index contributed by atoms with van der Waals surface area (Å²) in [6.07, 6.45) is 0.970. The Bertz CT molecular complexity index is 464. The first-order valence-corrected chi connectivity index (χ1v) is 7.38. The van der Waals surface area contributed by atoms with Crippen LogP contribution in [0.5, 0.6) is 0 Å². The van der Waals surface area contributed by atoms with Gasteiger partial charge < -0.3 is 10.4 Å². The molecule has 17 heavy (non-hydrogen) atoms. The van der Waals surface area contributed by atoms with Crippen LogP contribution in [-0.2, 0) is 9.84 Å². The summed E-state index contributed by atoms with van der Waals surface area (Å²) >= 11 is 0. The molecule has 1 aliphatic heterocycles. The van der Waals surface area contributed by atoms with Gasteiger partial charge in [-0.15, -0.1) is 0 Å². The highest BCUT2D eigenvalue weighted by atomic mass is 32.2. The number of hydrogen-bond donors (Lipinski definition) is 2. The van der Waals surface area contributed by atoms with Gasteiger partial charge in [0.25, 0.3) is 0 Å². The molecule has 0 saturated carbocycles. The van der Waals surface area contributed by atoms with Gasteiger partial charge >= 0.3 is 0 Å². The van der Waals surface area contributed by atoms with Crippen molar-refractivity contribution in [1.29, 1.82) is 0 Å². The zero-order chi connectivity index (χ0) is 12.4. The summed E-state index contributed by atoms with van der Waals surface area (Å²) in [4.78, 5) is 0.284.